The highest BCUT2D eigenvalue weighted by molar-refractivity contribution is 5.28. The van der Waals surface area contributed by atoms with Gasteiger partial charge in [-0.15, -0.1) is 0 Å². The monoisotopic (exact) mass is 726 g/mol. The third kappa shape index (κ3) is 5.02. The van der Waals surface area contributed by atoms with Gasteiger partial charge in [-0.05, 0) is 95.0 Å². The van der Waals surface area contributed by atoms with Crippen molar-refractivity contribution in [3.8, 4) is 0 Å². The van der Waals surface area contributed by atoms with E-state index in [-0.39, 0.29) is 48.5 Å². The molecule has 2 unspecified atom stereocenters. The lowest BCUT2D eigenvalue weighted by Gasteiger charge is -2.62. The van der Waals surface area contributed by atoms with E-state index in [2.05, 4.69) is 13.8 Å². The van der Waals surface area contributed by atoms with Crippen molar-refractivity contribution in [3.05, 3.63) is 11.3 Å². The molecule has 14 atom stereocenters. The summed E-state index contributed by atoms with van der Waals surface area (Å²) in [6.07, 6.45) is -7.94. The van der Waals surface area contributed by atoms with Gasteiger partial charge in [-0.1, -0.05) is 20.8 Å². The Labute approximate surface area is 287 Å². The van der Waals surface area contributed by atoms with Crippen LogP contribution in [0.25, 0.3) is 0 Å². The van der Waals surface area contributed by atoms with E-state index in [1.54, 1.807) is 13.8 Å². The molecule has 0 radical (unpaired) electrons. The lowest BCUT2D eigenvalue weighted by Crippen LogP contribution is -2.76. The molecule has 0 aromatic heterocycles. The van der Waals surface area contributed by atoms with Crippen molar-refractivity contribution < 1.29 is 69.6 Å². The first-order valence-electron chi connectivity index (χ1n) is 18.3. The molecule has 50 heavy (non-hydrogen) atoms. The average Bonchev–Trinajstić information content (AvgIpc) is 3.41. The van der Waals surface area contributed by atoms with Gasteiger partial charge >= 0.3 is 12.4 Å². The fourth-order valence-electron chi connectivity index (χ4n) is 11.2. The zero-order valence-electron chi connectivity index (χ0n) is 29.1. The Morgan fingerprint density at radius 1 is 0.680 bits per heavy atom. The molecule has 4 bridgehead atoms. The van der Waals surface area contributed by atoms with Crippen LogP contribution < -0.4 is 0 Å². The second-order valence-corrected chi connectivity index (χ2v) is 16.6. The van der Waals surface area contributed by atoms with E-state index in [4.69, 9.17) is 43.2 Å². The molecule has 0 aromatic rings. The van der Waals surface area contributed by atoms with Crippen molar-refractivity contribution >= 4 is 0 Å². The summed E-state index contributed by atoms with van der Waals surface area (Å²) in [7, 11) is 0. The lowest BCUT2D eigenvalue weighted by atomic mass is 9.57. The Balaban J connectivity index is 1.03. The van der Waals surface area contributed by atoms with Gasteiger partial charge in [-0.2, -0.15) is 26.3 Å². The second kappa shape index (κ2) is 11.6. The number of alkyl halides is 6. The number of ether oxygens (including phenoxy) is 5. The highest BCUT2D eigenvalue weighted by Crippen LogP contribution is 2.65. The molecule has 9 fully saturated rings. The van der Waals surface area contributed by atoms with Crippen LogP contribution in [-0.2, 0) is 43.2 Å². The molecule has 8 heterocycles. The molecule has 2 spiro atoms. The Kier molecular flexibility index (Phi) is 8.34. The molecule has 15 heteroatoms. The van der Waals surface area contributed by atoms with Gasteiger partial charge < -0.3 is 23.7 Å². The second-order valence-electron chi connectivity index (χ2n) is 16.6. The number of rotatable bonds is 6. The summed E-state index contributed by atoms with van der Waals surface area (Å²) in [6.45, 7) is 8.47. The molecular weight excluding hydrogens is 678 g/mol. The summed E-state index contributed by atoms with van der Waals surface area (Å²) in [5.74, 6) is -9.14. The smallest absolute Gasteiger partial charge is 0.448 e. The Morgan fingerprint density at radius 3 is 1.92 bits per heavy atom. The molecule has 9 nitrogen and oxygen atoms in total. The minimum absolute atomic E-state index is 0.0359. The highest BCUT2D eigenvalue weighted by atomic mass is 19.4. The van der Waals surface area contributed by atoms with Gasteiger partial charge in [0.2, 0.25) is 23.6 Å². The maximum atomic E-state index is 15.2. The minimum atomic E-state index is -4.94. The van der Waals surface area contributed by atoms with Crippen molar-refractivity contribution in [2.75, 3.05) is 6.61 Å². The van der Waals surface area contributed by atoms with Gasteiger partial charge in [-0.25, -0.2) is 19.6 Å². The maximum Gasteiger partial charge on any atom is 0.448 e. The maximum absolute atomic E-state index is 15.2. The quantitative estimate of drug-likeness (QED) is 0.152. The number of unbranched alkanes of at least 4 members (excludes halogenated alkanes) is 1. The van der Waals surface area contributed by atoms with Gasteiger partial charge in [0.15, 0.2) is 17.5 Å². The standard InChI is InChI=1S/C35H48F6O9/c1-18-9-11-24-20(3)33(35(39,40)41,46-28-31(24)22(18)13-16-30(5,45-28)48-49-31)42-17-7-6-8-21-25-12-10-19(2)23-14-15-29(4)44-27(32(23,25)50-47-29)43-26(21)34(36,37)38/h18-20,22-25,27-28H,6-17H2,1-5H3/t18-,19-,20-,22?,23?,24+,25+,27-,28+,29+,30+,31-,32-,33-/m1/s1. The fourth-order valence-corrected chi connectivity index (χ4v) is 11.2. The fraction of sp³-hybridized carbons (Fsp3) is 0.943. The van der Waals surface area contributed by atoms with E-state index >= 15 is 13.2 Å². The van der Waals surface area contributed by atoms with Crippen LogP contribution >= 0.6 is 0 Å². The molecule has 0 amide bonds. The lowest BCUT2D eigenvalue weighted by molar-refractivity contribution is -0.598. The number of hydrogen-bond acceptors (Lipinski definition) is 9. The van der Waals surface area contributed by atoms with E-state index < -0.39 is 83.6 Å². The molecule has 7 saturated heterocycles. The average molecular weight is 727 g/mol. The van der Waals surface area contributed by atoms with Gasteiger partial charge in [-0.3, -0.25) is 0 Å². The summed E-state index contributed by atoms with van der Waals surface area (Å²) < 4.78 is 119. The number of allylic oxidation sites excluding steroid dienone is 1. The van der Waals surface area contributed by atoms with Crippen LogP contribution in [-0.4, -0.2) is 60.1 Å². The SMILES string of the molecule is C[C@@H]1CC[C@H]2C(CCCCO[C@@]3(C(F)(F)F)O[C@@H]4O[C@]5(C)CCC6[C@H](C)CC[C@@H]([C@H]3C)[C@]64OO5)=C(C(F)(F)F)O[C@@H]3O[C@]4(C)CCC1[C@]32OO4. The van der Waals surface area contributed by atoms with E-state index in [0.717, 1.165) is 0 Å². The van der Waals surface area contributed by atoms with Crippen molar-refractivity contribution in [2.24, 2.45) is 41.4 Å². The Morgan fingerprint density at radius 2 is 1.28 bits per heavy atom. The predicted octanol–water partition coefficient (Wildman–Crippen LogP) is 8.38. The van der Waals surface area contributed by atoms with Crippen molar-refractivity contribution in [1.29, 1.82) is 0 Å². The zero-order chi connectivity index (χ0) is 35.7. The number of halogens is 6. The molecule has 2 saturated carbocycles. The van der Waals surface area contributed by atoms with Crippen LogP contribution in [0.4, 0.5) is 26.3 Å². The molecule has 0 N–H and O–H groups in total. The third-order valence-corrected chi connectivity index (χ3v) is 13.7. The highest BCUT2D eigenvalue weighted by Gasteiger charge is 2.77. The summed E-state index contributed by atoms with van der Waals surface area (Å²) in [5, 5.41) is 0. The largest absolute Gasteiger partial charge is 0.456 e. The first kappa shape index (κ1) is 35.8. The van der Waals surface area contributed by atoms with Gasteiger partial charge in [0.25, 0.3) is 5.79 Å². The zero-order valence-corrected chi connectivity index (χ0v) is 29.1. The Hall–Kier alpha value is -1.20. The van der Waals surface area contributed by atoms with Gasteiger partial charge in [0, 0.05) is 36.5 Å². The molecule has 8 aliphatic heterocycles. The molecule has 0 aromatic carbocycles. The summed E-state index contributed by atoms with van der Waals surface area (Å²) in [6, 6.07) is 0. The molecule has 10 aliphatic rings. The van der Waals surface area contributed by atoms with Crippen molar-refractivity contribution in [3.63, 3.8) is 0 Å². The summed E-state index contributed by atoms with van der Waals surface area (Å²) in [5.41, 5.74) is -2.44. The topological polar surface area (TPSA) is 83.1 Å². The van der Waals surface area contributed by atoms with E-state index in [9.17, 15) is 13.2 Å². The van der Waals surface area contributed by atoms with Gasteiger partial charge in [0.05, 0.1) is 6.61 Å². The summed E-state index contributed by atoms with van der Waals surface area (Å²) >= 11 is 0. The third-order valence-electron chi connectivity index (χ3n) is 13.7. The van der Waals surface area contributed by atoms with Crippen LogP contribution in [0, 0.1) is 41.4 Å². The normalized spacial score (nSPS) is 51.4. The van der Waals surface area contributed by atoms with Crippen molar-refractivity contribution in [2.45, 2.75) is 159 Å². The molecule has 10 rings (SSSR count). The molecule has 2 aliphatic carbocycles. The van der Waals surface area contributed by atoms with Crippen LogP contribution in [0.3, 0.4) is 0 Å². The minimum Gasteiger partial charge on any atom is -0.456 e. The van der Waals surface area contributed by atoms with E-state index in [1.807, 2.05) is 0 Å². The predicted molar refractivity (Wildman–Crippen MR) is 159 cm³/mol. The molecule has 284 valence electrons. The molecular formula is C35H48F6O9. The van der Waals surface area contributed by atoms with E-state index in [0.29, 0.717) is 51.4 Å². The van der Waals surface area contributed by atoms with Gasteiger partial charge in [0.1, 0.15) is 0 Å². The van der Waals surface area contributed by atoms with Crippen LogP contribution in [0.5, 0.6) is 0 Å². The van der Waals surface area contributed by atoms with Crippen LogP contribution in [0.15, 0.2) is 11.3 Å². The summed E-state index contributed by atoms with van der Waals surface area (Å²) in [4.78, 5) is 23.5. The number of hydrogen-bond donors (Lipinski definition) is 0. The first-order valence-corrected chi connectivity index (χ1v) is 18.3. The number of fused-ring (bicyclic) bond motifs is 4. The van der Waals surface area contributed by atoms with Crippen LogP contribution in [0.1, 0.15) is 105 Å². The van der Waals surface area contributed by atoms with E-state index in [1.165, 1.54) is 6.92 Å². The van der Waals surface area contributed by atoms with Crippen LogP contribution in [0.2, 0.25) is 0 Å². The van der Waals surface area contributed by atoms with Crippen molar-refractivity contribution in [1.82, 2.24) is 0 Å². The first-order chi connectivity index (χ1) is 23.4. The Bertz CT molecular complexity index is 1380.